The minimum absolute atomic E-state index is 0.969. The normalized spacial score (nSPS) is 10.5. The van der Waals surface area contributed by atoms with Gasteiger partial charge in [-0.05, 0) is 53.4 Å². The van der Waals surface area contributed by atoms with Gasteiger partial charge in [-0.25, -0.2) is 4.98 Å². The van der Waals surface area contributed by atoms with Crippen LogP contribution in [0.4, 0.5) is 5.82 Å². The number of aromatic nitrogens is 1. The quantitative estimate of drug-likeness (QED) is 0.842. The van der Waals surface area contributed by atoms with E-state index in [0.29, 0.717) is 0 Å². The molecule has 1 heterocycles. The van der Waals surface area contributed by atoms with E-state index in [2.05, 4.69) is 77.0 Å². The molecule has 0 unspecified atom stereocenters. The maximum Gasteiger partial charge on any atom is 0.128 e. The van der Waals surface area contributed by atoms with Crippen LogP contribution in [0.1, 0.15) is 16.7 Å². The number of halogens is 1. The van der Waals surface area contributed by atoms with Crippen molar-refractivity contribution in [1.29, 1.82) is 0 Å². The molecule has 2 aromatic rings. The Kier molecular flexibility index (Phi) is 4.59. The van der Waals surface area contributed by atoms with Crippen molar-refractivity contribution in [1.82, 2.24) is 4.98 Å². The predicted molar refractivity (Wildman–Crippen MR) is 84.8 cm³/mol. The summed E-state index contributed by atoms with van der Waals surface area (Å²) < 4.78 is 1.06. The van der Waals surface area contributed by atoms with Gasteiger partial charge in [-0.2, -0.15) is 0 Å². The van der Waals surface area contributed by atoms with Crippen molar-refractivity contribution in [3.63, 3.8) is 0 Å². The van der Waals surface area contributed by atoms with Crippen molar-refractivity contribution in [2.75, 3.05) is 18.5 Å². The monoisotopic (exact) mass is 318 g/mol. The molecule has 0 spiro atoms. The minimum atomic E-state index is 0.969. The van der Waals surface area contributed by atoms with Gasteiger partial charge in [0.2, 0.25) is 0 Å². The highest BCUT2D eigenvalue weighted by Crippen LogP contribution is 2.19. The standard InChI is InChI=1S/C16H19BrN2/c1-12-4-6-14(7-5-12)8-9-19(3)16-10-13(2)15(17)11-18-16/h4-7,10-11H,8-9H2,1-3H3. The molecule has 19 heavy (non-hydrogen) atoms. The molecule has 0 fully saturated rings. The van der Waals surface area contributed by atoms with Crippen LogP contribution in [0.25, 0.3) is 0 Å². The zero-order valence-corrected chi connectivity index (χ0v) is 13.2. The molecule has 1 aromatic carbocycles. The molecule has 0 radical (unpaired) electrons. The minimum Gasteiger partial charge on any atom is -0.359 e. The summed E-state index contributed by atoms with van der Waals surface area (Å²) in [4.78, 5) is 6.64. The van der Waals surface area contributed by atoms with Crippen LogP contribution >= 0.6 is 15.9 Å². The van der Waals surface area contributed by atoms with Crippen LogP contribution < -0.4 is 4.90 Å². The Hall–Kier alpha value is -1.35. The first kappa shape index (κ1) is 14.1. The van der Waals surface area contributed by atoms with E-state index >= 15 is 0 Å². The Morgan fingerprint density at radius 1 is 1.16 bits per heavy atom. The third kappa shape index (κ3) is 3.80. The SMILES string of the molecule is Cc1ccc(CCN(C)c2cc(C)c(Br)cn2)cc1. The van der Waals surface area contributed by atoms with E-state index in [9.17, 15) is 0 Å². The second-order valence-electron chi connectivity index (χ2n) is 4.95. The topological polar surface area (TPSA) is 16.1 Å². The van der Waals surface area contributed by atoms with Crippen LogP contribution in [-0.4, -0.2) is 18.6 Å². The van der Waals surface area contributed by atoms with Gasteiger partial charge in [-0.15, -0.1) is 0 Å². The van der Waals surface area contributed by atoms with Crippen LogP contribution in [0.2, 0.25) is 0 Å². The van der Waals surface area contributed by atoms with E-state index in [1.165, 1.54) is 16.7 Å². The van der Waals surface area contributed by atoms with Crippen LogP contribution in [0.15, 0.2) is 41.0 Å². The molecule has 0 N–H and O–H groups in total. The molecule has 0 amide bonds. The third-order valence-corrected chi connectivity index (χ3v) is 4.11. The van der Waals surface area contributed by atoms with Gasteiger partial charge in [0.25, 0.3) is 0 Å². The molecular weight excluding hydrogens is 300 g/mol. The zero-order valence-electron chi connectivity index (χ0n) is 11.7. The van der Waals surface area contributed by atoms with Crippen molar-refractivity contribution >= 4 is 21.7 Å². The van der Waals surface area contributed by atoms with Gasteiger partial charge < -0.3 is 4.90 Å². The Morgan fingerprint density at radius 2 is 1.84 bits per heavy atom. The van der Waals surface area contributed by atoms with Crippen molar-refractivity contribution in [2.45, 2.75) is 20.3 Å². The summed E-state index contributed by atoms with van der Waals surface area (Å²) in [7, 11) is 2.09. The summed E-state index contributed by atoms with van der Waals surface area (Å²) in [5.41, 5.74) is 3.89. The number of likely N-dealkylation sites (N-methyl/N-ethyl adjacent to an activating group) is 1. The maximum absolute atomic E-state index is 4.44. The van der Waals surface area contributed by atoms with E-state index in [0.717, 1.165) is 23.3 Å². The average molecular weight is 319 g/mol. The molecule has 0 aliphatic carbocycles. The number of aryl methyl sites for hydroxylation is 2. The van der Waals surface area contributed by atoms with Crippen LogP contribution in [0, 0.1) is 13.8 Å². The van der Waals surface area contributed by atoms with Gasteiger partial charge in [0.15, 0.2) is 0 Å². The number of rotatable bonds is 4. The molecular formula is C16H19BrN2. The Labute approximate surface area is 123 Å². The first-order valence-corrected chi connectivity index (χ1v) is 7.24. The molecule has 0 saturated carbocycles. The van der Waals surface area contributed by atoms with Crippen molar-refractivity contribution in [2.24, 2.45) is 0 Å². The lowest BCUT2D eigenvalue weighted by Crippen LogP contribution is -2.21. The Bertz CT molecular complexity index is 549. The predicted octanol–water partition coefficient (Wildman–Crippen LogP) is 4.14. The van der Waals surface area contributed by atoms with Gasteiger partial charge in [-0.1, -0.05) is 29.8 Å². The molecule has 2 nitrogen and oxygen atoms in total. The Balaban J connectivity index is 1.98. The Morgan fingerprint density at radius 3 is 2.47 bits per heavy atom. The lowest BCUT2D eigenvalue weighted by molar-refractivity contribution is 0.858. The van der Waals surface area contributed by atoms with E-state index < -0.39 is 0 Å². The maximum atomic E-state index is 4.44. The van der Waals surface area contributed by atoms with Crippen LogP contribution in [-0.2, 0) is 6.42 Å². The third-order valence-electron chi connectivity index (χ3n) is 3.28. The zero-order chi connectivity index (χ0) is 13.8. The summed E-state index contributed by atoms with van der Waals surface area (Å²) in [6, 6.07) is 10.8. The summed E-state index contributed by atoms with van der Waals surface area (Å²) in [5, 5.41) is 0. The second-order valence-corrected chi connectivity index (χ2v) is 5.80. The first-order chi connectivity index (χ1) is 9.06. The number of pyridine rings is 1. The van der Waals surface area contributed by atoms with Crippen LogP contribution in [0.5, 0.6) is 0 Å². The van der Waals surface area contributed by atoms with E-state index in [-0.39, 0.29) is 0 Å². The van der Waals surface area contributed by atoms with E-state index in [1.54, 1.807) is 0 Å². The van der Waals surface area contributed by atoms with Gasteiger partial charge in [-0.3, -0.25) is 0 Å². The molecule has 0 aliphatic rings. The summed E-state index contributed by atoms with van der Waals surface area (Å²) in [6.45, 7) is 5.17. The smallest absolute Gasteiger partial charge is 0.128 e. The summed E-state index contributed by atoms with van der Waals surface area (Å²) >= 11 is 3.48. The average Bonchev–Trinajstić information content (AvgIpc) is 2.41. The fourth-order valence-electron chi connectivity index (χ4n) is 1.90. The molecule has 2 rings (SSSR count). The van der Waals surface area contributed by atoms with Gasteiger partial charge in [0.05, 0.1) is 0 Å². The summed E-state index contributed by atoms with van der Waals surface area (Å²) in [6.07, 6.45) is 2.90. The molecule has 100 valence electrons. The van der Waals surface area contributed by atoms with Crippen LogP contribution in [0.3, 0.4) is 0 Å². The second kappa shape index (κ2) is 6.20. The largest absolute Gasteiger partial charge is 0.359 e. The highest BCUT2D eigenvalue weighted by molar-refractivity contribution is 9.10. The highest BCUT2D eigenvalue weighted by atomic mass is 79.9. The van der Waals surface area contributed by atoms with Gasteiger partial charge in [0.1, 0.15) is 5.82 Å². The fourth-order valence-corrected chi connectivity index (χ4v) is 2.12. The number of hydrogen-bond acceptors (Lipinski definition) is 2. The molecule has 0 atom stereocenters. The molecule has 0 saturated heterocycles. The number of nitrogens with zero attached hydrogens (tertiary/aromatic N) is 2. The lowest BCUT2D eigenvalue weighted by Gasteiger charge is -2.18. The first-order valence-electron chi connectivity index (χ1n) is 6.45. The molecule has 0 aliphatic heterocycles. The van der Waals surface area contributed by atoms with Crippen molar-refractivity contribution in [3.05, 3.63) is 57.7 Å². The number of benzene rings is 1. The fraction of sp³-hybridized carbons (Fsp3) is 0.312. The molecule has 3 heteroatoms. The lowest BCUT2D eigenvalue weighted by atomic mass is 10.1. The van der Waals surface area contributed by atoms with Crippen molar-refractivity contribution < 1.29 is 0 Å². The number of anilines is 1. The van der Waals surface area contributed by atoms with Gasteiger partial charge in [0, 0.05) is 24.3 Å². The highest BCUT2D eigenvalue weighted by Gasteiger charge is 2.04. The van der Waals surface area contributed by atoms with Gasteiger partial charge >= 0.3 is 0 Å². The molecule has 1 aromatic heterocycles. The number of hydrogen-bond donors (Lipinski definition) is 0. The summed E-state index contributed by atoms with van der Waals surface area (Å²) in [5.74, 6) is 1.02. The molecule has 0 bridgehead atoms. The van der Waals surface area contributed by atoms with Crippen molar-refractivity contribution in [3.8, 4) is 0 Å². The van der Waals surface area contributed by atoms with E-state index in [4.69, 9.17) is 0 Å². The van der Waals surface area contributed by atoms with E-state index in [1.807, 2.05) is 6.20 Å².